The minimum atomic E-state index is -0.480. The molecule has 3 aromatic rings. The lowest BCUT2D eigenvalue weighted by molar-refractivity contribution is 0.100. The molecule has 0 radical (unpaired) electrons. The molecule has 0 spiro atoms. The van der Waals surface area contributed by atoms with Crippen molar-refractivity contribution < 1.29 is 4.79 Å². The van der Waals surface area contributed by atoms with Gasteiger partial charge in [-0.2, -0.15) is 5.10 Å². The van der Waals surface area contributed by atoms with Gasteiger partial charge in [0.1, 0.15) is 0 Å². The summed E-state index contributed by atoms with van der Waals surface area (Å²) in [6.07, 6.45) is 7.15. The highest BCUT2D eigenvalue weighted by Gasteiger charge is 2.08. The average molecular weight is 278 g/mol. The predicted octanol–water partition coefficient (Wildman–Crippen LogP) is 2.31. The minimum absolute atomic E-state index is 0.416. The number of rotatable bonds is 3. The van der Waals surface area contributed by atoms with Crippen molar-refractivity contribution in [3.05, 3.63) is 65.2 Å². The zero-order chi connectivity index (χ0) is 14.8. The van der Waals surface area contributed by atoms with Crippen molar-refractivity contribution >= 4 is 23.6 Å². The van der Waals surface area contributed by atoms with Crippen LogP contribution in [0, 0.1) is 6.92 Å². The fourth-order valence-corrected chi connectivity index (χ4v) is 2.13. The van der Waals surface area contributed by atoms with Crippen molar-refractivity contribution in [2.45, 2.75) is 6.92 Å². The number of nitrogens with zero attached hydrogens (tertiary/aromatic N) is 3. The highest BCUT2D eigenvalue weighted by molar-refractivity contribution is 5.99. The van der Waals surface area contributed by atoms with Gasteiger partial charge in [-0.15, -0.1) is 0 Å². The zero-order valence-corrected chi connectivity index (χ0v) is 11.5. The van der Waals surface area contributed by atoms with Crippen molar-refractivity contribution in [1.82, 2.24) is 14.6 Å². The van der Waals surface area contributed by atoms with Crippen LogP contribution in [-0.4, -0.2) is 20.5 Å². The summed E-state index contributed by atoms with van der Waals surface area (Å²) in [5.41, 5.74) is 9.26. The van der Waals surface area contributed by atoms with E-state index in [0.29, 0.717) is 11.1 Å². The molecule has 0 aliphatic carbocycles. The summed E-state index contributed by atoms with van der Waals surface area (Å²) in [7, 11) is 0. The molecular formula is C16H14N4O. The first-order chi connectivity index (χ1) is 10.1. The summed E-state index contributed by atoms with van der Waals surface area (Å²) in [4.78, 5) is 15.8. The smallest absolute Gasteiger partial charge is 0.252 e. The maximum absolute atomic E-state index is 11.3. The van der Waals surface area contributed by atoms with E-state index in [-0.39, 0.29) is 0 Å². The number of carbonyl (C=O) groups is 1. The molecule has 0 aromatic carbocycles. The number of amides is 1. The second kappa shape index (κ2) is 5.20. The number of fused-ring (bicyclic) bond motifs is 1. The lowest BCUT2D eigenvalue weighted by Gasteiger charge is -1.99. The normalized spacial score (nSPS) is 11.3. The van der Waals surface area contributed by atoms with Crippen LogP contribution >= 0.6 is 0 Å². The summed E-state index contributed by atoms with van der Waals surface area (Å²) in [5.74, 6) is -0.480. The van der Waals surface area contributed by atoms with E-state index in [0.717, 1.165) is 17.0 Å². The van der Waals surface area contributed by atoms with Crippen LogP contribution in [0.5, 0.6) is 0 Å². The second-order valence-corrected chi connectivity index (χ2v) is 4.75. The summed E-state index contributed by atoms with van der Waals surface area (Å²) in [6.45, 7) is 1.95. The number of aryl methyl sites for hydroxylation is 1. The topological polar surface area (TPSA) is 73.3 Å². The number of hydrogen-bond donors (Lipinski definition) is 1. The number of aromatic nitrogens is 3. The second-order valence-electron chi connectivity index (χ2n) is 4.75. The van der Waals surface area contributed by atoms with E-state index in [1.54, 1.807) is 10.7 Å². The molecule has 0 aliphatic rings. The fourth-order valence-electron chi connectivity index (χ4n) is 2.13. The predicted molar refractivity (Wildman–Crippen MR) is 81.6 cm³/mol. The molecule has 3 aromatic heterocycles. The molecule has 104 valence electrons. The molecule has 0 unspecified atom stereocenters. The van der Waals surface area contributed by atoms with Crippen LogP contribution in [0.2, 0.25) is 0 Å². The first-order valence-corrected chi connectivity index (χ1v) is 6.52. The van der Waals surface area contributed by atoms with E-state index >= 15 is 0 Å². The monoisotopic (exact) mass is 278 g/mol. The lowest BCUT2D eigenvalue weighted by Crippen LogP contribution is -2.10. The Morgan fingerprint density at radius 3 is 2.90 bits per heavy atom. The fraction of sp³-hybridized carbons (Fsp3) is 0.0625. The molecule has 21 heavy (non-hydrogen) atoms. The molecule has 0 fully saturated rings. The van der Waals surface area contributed by atoms with E-state index < -0.39 is 5.91 Å². The molecule has 0 saturated carbocycles. The van der Waals surface area contributed by atoms with Crippen molar-refractivity contribution in [3.8, 4) is 0 Å². The highest BCUT2D eigenvalue weighted by Crippen LogP contribution is 2.14. The Morgan fingerprint density at radius 1 is 1.29 bits per heavy atom. The Morgan fingerprint density at radius 2 is 2.14 bits per heavy atom. The Kier molecular flexibility index (Phi) is 3.23. The van der Waals surface area contributed by atoms with Gasteiger partial charge in [0, 0.05) is 11.9 Å². The molecule has 3 rings (SSSR count). The summed E-state index contributed by atoms with van der Waals surface area (Å²) in [5, 5.41) is 4.09. The van der Waals surface area contributed by atoms with Gasteiger partial charge in [-0.3, -0.25) is 9.78 Å². The van der Waals surface area contributed by atoms with Gasteiger partial charge in [0.05, 0.1) is 23.0 Å². The third kappa shape index (κ3) is 2.67. The van der Waals surface area contributed by atoms with Crippen molar-refractivity contribution in [1.29, 1.82) is 0 Å². The molecule has 2 N–H and O–H groups in total. The molecule has 1 amide bonds. The van der Waals surface area contributed by atoms with Gasteiger partial charge >= 0.3 is 0 Å². The van der Waals surface area contributed by atoms with Crippen LogP contribution in [0.1, 0.15) is 27.3 Å². The van der Waals surface area contributed by atoms with Gasteiger partial charge in [-0.05, 0) is 42.8 Å². The molecule has 0 bridgehead atoms. The van der Waals surface area contributed by atoms with Gasteiger partial charge in [0.25, 0.3) is 5.91 Å². The Bertz CT molecular complexity index is 848. The van der Waals surface area contributed by atoms with Crippen molar-refractivity contribution in [2.24, 2.45) is 5.73 Å². The largest absolute Gasteiger partial charge is 0.365 e. The van der Waals surface area contributed by atoms with E-state index in [1.807, 2.05) is 49.4 Å². The summed E-state index contributed by atoms with van der Waals surface area (Å²) >= 11 is 0. The van der Waals surface area contributed by atoms with Crippen LogP contribution < -0.4 is 5.73 Å². The van der Waals surface area contributed by atoms with Gasteiger partial charge in [-0.25, -0.2) is 4.52 Å². The van der Waals surface area contributed by atoms with E-state index in [2.05, 4.69) is 10.1 Å². The lowest BCUT2D eigenvalue weighted by atomic mass is 10.1. The van der Waals surface area contributed by atoms with Crippen LogP contribution in [0.25, 0.3) is 17.7 Å². The molecule has 5 heteroatoms. The molecule has 0 saturated heterocycles. The highest BCUT2D eigenvalue weighted by atomic mass is 16.1. The molecule has 0 aliphatic heterocycles. The Labute approximate surface area is 121 Å². The maximum atomic E-state index is 11.3. The maximum Gasteiger partial charge on any atom is 0.252 e. The number of nitrogens with two attached hydrogens (primary N) is 1. The number of hydrogen-bond acceptors (Lipinski definition) is 3. The van der Waals surface area contributed by atoms with E-state index in [1.165, 1.54) is 6.20 Å². The first-order valence-electron chi connectivity index (χ1n) is 6.52. The average Bonchev–Trinajstić information content (AvgIpc) is 2.88. The third-order valence-electron chi connectivity index (χ3n) is 3.17. The van der Waals surface area contributed by atoms with Gasteiger partial charge in [-0.1, -0.05) is 12.1 Å². The van der Waals surface area contributed by atoms with Crippen LogP contribution in [0.15, 0.2) is 42.7 Å². The first kappa shape index (κ1) is 13.1. The quantitative estimate of drug-likeness (QED) is 0.799. The van der Waals surface area contributed by atoms with Crippen molar-refractivity contribution in [3.63, 3.8) is 0 Å². The van der Waals surface area contributed by atoms with Gasteiger partial charge in [0.15, 0.2) is 0 Å². The van der Waals surface area contributed by atoms with Crippen LogP contribution in [0.3, 0.4) is 0 Å². The third-order valence-corrected chi connectivity index (χ3v) is 3.17. The molecule has 0 atom stereocenters. The van der Waals surface area contributed by atoms with Crippen LogP contribution in [0.4, 0.5) is 0 Å². The van der Waals surface area contributed by atoms with E-state index in [9.17, 15) is 4.79 Å². The van der Waals surface area contributed by atoms with Gasteiger partial charge < -0.3 is 5.73 Å². The van der Waals surface area contributed by atoms with Gasteiger partial charge in [0.2, 0.25) is 0 Å². The van der Waals surface area contributed by atoms with Crippen LogP contribution in [-0.2, 0) is 0 Å². The molecular weight excluding hydrogens is 264 g/mol. The standard InChI is InChI=1S/C16H14N4O/c1-11-3-2-4-13(19-11)6-5-12-7-8-20-15(9-12)14(10-18-20)16(17)21/h2-10H,1H3,(H2,17,21)/b6-5-. The number of primary amides is 1. The Balaban J connectivity index is 1.97. The van der Waals surface area contributed by atoms with E-state index in [4.69, 9.17) is 5.73 Å². The number of carbonyl (C=O) groups excluding carboxylic acids is 1. The SMILES string of the molecule is Cc1cccc(/C=C\c2ccn3ncc(C(N)=O)c3c2)n1. The minimum Gasteiger partial charge on any atom is -0.365 e. The molecule has 3 heterocycles. The zero-order valence-electron chi connectivity index (χ0n) is 11.5. The summed E-state index contributed by atoms with van der Waals surface area (Å²) in [6, 6.07) is 9.65. The number of pyridine rings is 2. The Hall–Kier alpha value is -2.95. The van der Waals surface area contributed by atoms with Crippen molar-refractivity contribution in [2.75, 3.05) is 0 Å². The molecule has 5 nitrogen and oxygen atoms in total. The summed E-state index contributed by atoms with van der Waals surface area (Å²) < 4.78 is 1.63.